The van der Waals surface area contributed by atoms with Crippen molar-refractivity contribution in [3.8, 4) is 0 Å². The lowest BCUT2D eigenvalue weighted by Gasteiger charge is -2.19. The second kappa shape index (κ2) is 6.70. The number of carbonyl (C=O) groups is 1. The summed E-state index contributed by atoms with van der Waals surface area (Å²) in [4.78, 5) is 12.5. The van der Waals surface area contributed by atoms with Crippen LogP contribution in [0.25, 0.3) is 0 Å². The van der Waals surface area contributed by atoms with Gasteiger partial charge in [-0.25, -0.2) is 0 Å². The van der Waals surface area contributed by atoms with E-state index in [0.717, 1.165) is 0 Å². The summed E-state index contributed by atoms with van der Waals surface area (Å²) in [5, 5.41) is 2.86. The maximum atomic E-state index is 12.8. The quantitative estimate of drug-likeness (QED) is 0.679. The van der Waals surface area contributed by atoms with Crippen LogP contribution >= 0.6 is 0 Å². The fourth-order valence-corrected chi connectivity index (χ4v) is 3.35. The average molecular weight is 375 g/mol. The van der Waals surface area contributed by atoms with Crippen molar-refractivity contribution >= 4 is 11.6 Å². The molecule has 5 heteroatoms. The molecule has 0 aromatic heterocycles. The molecule has 0 heterocycles. The summed E-state index contributed by atoms with van der Waals surface area (Å²) in [6.45, 7) is 8.12. The zero-order chi connectivity index (χ0) is 20.0. The Morgan fingerprint density at radius 3 is 2.15 bits per heavy atom. The minimum atomic E-state index is -4.15. The van der Waals surface area contributed by atoms with Gasteiger partial charge in [0.15, 0.2) is 0 Å². The smallest absolute Gasteiger partial charge is 0.322 e. The molecular weight excluding hydrogens is 351 g/mol. The van der Waals surface area contributed by atoms with E-state index in [-0.39, 0.29) is 17.7 Å². The number of anilines is 1. The number of alkyl halides is 3. The highest BCUT2D eigenvalue weighted by Crippen LogP contribution is 2.56. The van der Waals surface area contributed by atoms with Gasteiger partial charge in [0, 0.05) is 11.3 Å². The Balaban J connectivity index is 1.70. The van der Waals surface area contributed by atoms with E-state index in [4.69, 9.17) is 0 Å². The molecule has 0 radical (unpaired) electrons. The zero-order valence-corrected chi connectivity index (χ0v) is 15.9. The van der Waals surface area contributed by atoms with E-state index in [2.05, 4.69) is 26.1 Å². The number of hydrogen-bond donors (Lipinski definition) is 1. The monoisotopic (exact) mass is 375 g/mol. The van der Waals surface area contributed by atoms with E-state index in [9.17, 15) is 18.0 Å². The molecule has 0 aliphatic heterocycles. The number of carbonyl (C=O) groups excluding carboxylic acids is 1. The van der Waals surface area contributed by atoms with Crippen LogP contribution in [-0.4, -0.2) is 12.1 Å². The SMILES string of the molecule is Cc1cc(C2CC2C(F)(F)F)ccc1C(=O)Nc1ccc(C(C)(C)C)cc1. The largest absolute Gasteiger partial charge is 0.392 e. The number of nitrogens with one attached hydrogen (secondary N) is 1. The van der Waals surface area contributed by atoms with Crippen molar-refractivity contribution in [2.45, 2.75) is 51.6 Å². The lowest BCUT2D eigenvalue weighted by Crippen LogP contribution is -2.15. The number of amides is 1. The zero-order valence-electron chi connectivity index (χ0n) is 15.9. The average Bonchev–Trinajstić information content (AvgIpc) is 3.35. The number of hydrogen-bond acceptors (Lipinski definition) is 1. The van der Waals surface area contributed by atoms with Crippen molar-refractivity contribution in [2.24, 2.45) is 5.92 Å². The van der Waals surface area contributed by atoms with E-state index >= 15 is 0 Å². The van der Waals surface area contributed by atoms with Crippen LogP contribution in [-0.2, 0) is 5.41 Å². The summed E-state index contributed by atoms with van der Waals surface area (Å²) < 4.78 is 38.3. The molecule has 0 bridgehead atoms. The van der Waals surface area contributed by atoms with Crippen molar-refractivity contribution in [2.75, 3.05) is 5.32 Å². The normalized spacial score (nSPS) is 19.7. The molecule has 2 aromatic carbocycles. The highest BCUT2D eigenvalue weighted by atomic mass is 19.4. The summed E-state index contributed by atoms with van der Waals surface area (Å²) >= 11 is 0. The van der Waals surface area contributed by atoms with E-state index in [1.54, 1.807) is 25.1 Å². The van der Waals surface area contributed by atoms with E-state index in [1.807, 2.05) is 24.3 Å². The fraction of sp³-hybridized carbons (Fsp3) is 0.409. The summed E-state index contributed by atoms with van der Waals surface area (Å²) in [7, 11) is 0. The van der Waals surface area contributed by atoms with Gasteiger partial charge in [-0.2, -0.15) is 13.2 Å². The Morgan fingerprint density at radius 1 is 1.04 bits per heavy atom. The highest BCUT2D eigenvalue weighted by molar-refractivity contribution is 6.05. The molecule has 0 spiro atoms. The molecule has 1 saturated carbocycles. The summed E-state index contributed by atoms with van der Waals surface area (Å²) in [5.74, 6) is -1.99. The molecule has 1 aliphatic carbocycles. The molecule has 2 aromatic rings. The minimum absolute atomic E-state index is 0.0338. The Bertz CT molecular complexity index is 847. The van der Waals surface area contributed by atoms with Crippen molar-refractivity contribution in [3.63, 3.8) is 0 Å². The van der Waals surface area contributed by atoms with Crippen molar-refractivity contribution < 1.29 is 18.0 Å². The lowest BCUT2D eigenvalue weighted by atomic mass is 9.87. The predicted molar refractivity (Wildman–Crippen MR) is 101 cm³/mol. The molecule has 0 saturated heterocycles. The Labute approximate surface area is 157 Å². The number of halogens is 3. The first-order chi connectivity index (χ1) is 12.5. The van der Waals surface area contributed by atoms with Crippen molar-refractivity contribution in [1.82, 2.24) is 0 Å². The second-order valence-electron chi connectivity index (χ2n) is 8.35. The van der Waals surface area contributed by atoms with Crippen LogP contribution in [0.4, 0.5) is 18.9 Å². The van der Waals surface area contributed by atoms with Gasteiger partial charge in [-0.3, -0.25) is 4.79 Å². The maximum Gasteiger partial charge on any atom is 0.392 e. The molecule has 2 unspecified atom stereocenters. The highest BCUT2D eigenvalue weighted by Gasteiger charge is 2.56. The lowest BCUT2D eigenvalue weighted by molar-refractivity contribution is -0.148. The molecule has 1 N–H and O–H groups in total. The van der Waals surface area contributed by atoms with Gasteiger partial charge in [-0.05, 0) is 59.6 Å². The molecule has 2 nitrogen and oxygen atoms in total. The second-order valence-corrected chi connectivity index (χ2v) is 8.35. The standard InChI is InChI=1S/C22H24F3NO/c1-13-11-14(18-12-19(18)22(23,24)25)5-10-17(13)20(27)26-16-8-6-15(7-9-16)21(2,3)4/h5-11,18-19H,12H2,1-4H3,(H,26,27). The molecule has 1 fully saturated rings. The van der Waals surface area contributed by atoms with Gasteiger partial charge in [-0.15, -0.1) is 0 Å². The van der Waals surface area contributed by atoms with Crippen molar-refractivity contribution in [3.05, 3.63) is 64.7 Å². The van der Waals surface area contributed by atoms with E-state index < -0.39 is 18.0 Å². The molecular formula is C22H24F3NO. The van der Waals surface area contributed by atoms with E-state index in [1.165, 1.54) is 5.56 Å². The molecule has 1 amide bonds. The summed E-state index contributed by atoms with van der Waals surface area (Å²) in [5.41, 5.74) is 3.71. The molecule has 1 aliphatic rings. The summed E-state index contributed by atoms with van der Waals surface area (Å²) in [6, 6.07) is 12.6. The minimum Gasteiger partial charge on any atom is -0.322 e. The van der Waals surface area contributed by atoms with Crippen LogP contribution < -0.4 is 5.32 Å². The van der Waals surface area contributed by atoms with Crippen LogP contribution in [0.15, 0.2) is 42.5 Å². The van der Waals surface area contributed by atoms with Crippen LogP contribution in [0.2, 0.25) is 0 Å². The molecule has 144 valence electrons. The third kappa shape index (κ3) is 4.34. The molecule has 27 heavy (non-hydrogen) atoms. The van der Waals surface area contributed by atoms with Crippen LogP contribution in [0.5, 0.6) is 0 Å². The number of aryl methyl sites for hydroxylation is 1. The van der Waals surface area contributed by atoms with Gasteiger partial charge >= 0.3 is 6.18 Å². The number of benzene rings is 2. The Morgan fingerprint density at radius 2 is 1.67 bits per heavy atom. The predicted octanol–water partition coefficient (Wildman–Crippen LogP) is 6.21. The van der Waals surface area contributed by atoms with Gasteiger partial charge in [0.2, 0.25) is 0 Å². The first-order valence-electron chi connectivity index (χ1n) is 9.06. The Kier molecular flexibility index (Phi) is 4.83. The van der Waals surface area contributed by atoms with E-state index in [0.29, 0.717) is 22.4 Å². The van der Waals surface area contributed by atoms with Crippen molar-refractivity contribution in [1.29, 1.82) is 0 Å². The molecule has 3 rings (SSSR count). The third-order valence-corrected chi connectivity index (χ3v) is 5.14. The van der Waals surface area contributed by atoms with Crippen LogP contribution in [0.1, 0.15) is 60.2 Å². The fourth-order valence-electron chi connectivity index (χ4n) is 3.35. The van der Waals surface area contributed by atoms with Gasteiger partial charge in [0.25, 0.3) is 5.91 Å². The van der Waals surface area contributed by atoms with Gasteiger partial charge in [0.1, 0.15) is 0 Å². The third-order valence-electron chi connectivity index (χ3n) is 5.14. The topological polar surface area (TPSA) is 29.1 Å². The van der Waals surface area contributed by atoms with Crippen LogP contribution in [0.3, 0.4) is 0 Å². The maximum absolute atomic E-state index is 12.8. The van der Waals surface area contributed by atoms with Gasteiger partial charge < -0.3 is 5.32 Å². The number of rotatable bonds is 3. The first kappa shape index (κ1) is 19.5. The van der Waals surface area contributed by atoms with Crippen LogP contribution in [0, 0.1) is 12.8 Å². The molecule has 2 atom stereocenters. The Hall–Kier alpha value is -2.30. The van der Waals surface area contributed by atoms with Gasteiger partial charge in [-0.1, -0.05) is 45.0 Å². The summed E-state index contributed by atoms with van der Waals surface area (Å²) in [6.07, 6.45) is -4.01. The first-order valence-corrected chi connectivity index (χ1v) is 9.06. The van der Waals surface area contributed by atoms with Gasteiger partial charge in [0.05, 0.1) is 5.92 Å².